The van der Waals surface area contributed by atoms with Crippen molar-refractivity contribution in [1.29, 1.82) is 0 Å². The number of carbonyl (C=O) groups is 1. The lowest BCUT2D eigenvalue weighted by Crippen LogP contribution is -2.32. The summed E-state index contributed by atoms with van der Waals surface area (Å²) in [5.74, 6) is 2.19. The lowest BCUT2D eigenvalue weighted by atomic mass is 10.2. The van der Waals surface area contributed by atoms with Crippen LogP contribution in [-0.4, -0.2) is 45.6 Å². The molecule has 0 unspecified atom stereocenters. The molecule has 0 aliphatic rings. The SMILES string of the molecule is COc1ccc(CN(C(=O)CSc2nnc(-c3cccs3)n2C)c2nccs2)cc1OC. The first-order chi connectivity index (χ1) is 15.6. The molecule has 0 aliphatic carbocycles. The Balaban J connectivity index is 1.50. The van der Waals surface area contributed by atoms with Crippen LogP contribution < -0.4 is 14.4 Å². The molecular weight excluding hydrogens is 466 g/mol. The van der Waals surface area contributed by atoms with Crippen molar-refractivity contribution >= 4 is 45.5 Å². The van der Waals surface area contributed by atoms with Gasteiger partial charge in [-0.25, -0.2) is 4.98 Å². The third-order valence-corrected chi connectivity index (χ3v) is 7.31. The van der Waals surface area contributed by atoms with Crippen molar-refractivity contribution < 1.29 is 14.3 Å². The van der Waals surface area contributed by atoms with E-state index >= 15 is 0 Å². The third-order valence-electron chi connectivity index (χ3n) is 4.64. The van der Waals surface area contributed by atoms with E-state index in [-0.39, 0.29) is 11.7 Å². The van der Waals surface area contributed by atoms with Crippen molar-refractivity contribution in [3.05, 3.63) is 52.9 Å². The Morgan fingerprint density at radius 1 is 1.12 bits per heavy atom. The molecular formula is C21H21N5O3S3. The molecule has 3 aromatic heterocycles. The number of ether oxygens (including phenoxy) is 2. The lowest BCUT2D eigenvalue weighted by molar-refractivity contribution is -0.116. The first-order valence-corrected chi connectivity index (χ1v) is 12.3. The van der Waals surface area contributed by atoms with Crippen LogP contribution in [-0.2, 0) is 18.4 Å². The molecule has 11 heteroatoms. The molecule has 166 valence electrons. The van der Waals surface area contributed by atoms with E-state index in [9.17, 15) is 4.79 Å². The van der Waals surface area contributed by atoms with Gasteiger partial charge in [-0.1, -0.05) is 23.9 Å². The maximum atomic E-state index is 13.2. The number of amides is 1. The molecule has 0 radical (unpaired) electrons. The number of rotatable bonds is 9. The number of hydrogen-bond acceptors (Lipinski definition) is 9. The number of thiophene rings is 1. The Morgan fingerprint density at radius 3 is 2.66 bits per heavy atom. The fourth-order valence-electron chi connectivity index (χ4n) is 3.04. The van der Waals surface area contributed by atoms with E-state index < -0.39 is 0 Å². The summed E-state index contributed by atoms with van der Waals surface area (Å²) in [6, 6.07) is 9.60. The maximum Gasteiger partial charge on any atom is 0.239 e. The van der Waals surface area contributed by atoms with Gasteiger partial charge < -0.3 is 14.0 Å². The van der Waals surface area contributed by atoms with E-state index in [0.29, 0.717) is 28.3 Å². The fourth-order valence-corrected chi connectivity index (χ4v) is 5.23. The fraction of sp³-hybridized carbons (Fsp3) is 0.238. The second kappa shape index (κ2) is 10.2. The van der Waals surface area contributed by atoms with Gasteiger partial charge >= 0.3 is 0 Å². The van der Waals surface area contributed by atoms with Crippen LogP contribution in [0.4, 0.5) is 5.13 Å². The molecule has 0 N–H and O–H groups in total. The number of thioether (sulfide) groups is 1. The summed E-state index contributed by atoms with van der Waals surface area (Å²) in [7, 11) is 5.09. The van der Waals surface area contributed by atoms with E-state index in [4.69, 9.17) is 9.47 Å². The maximum absolute atomic E-state index is 13.2. The first kappa shape index (κ1) is 22.3. The molecule has 0 atom stereocenters. The minimum Gasteiger partial charge on any atom is -0.493 e. The molecule has 0 spiro atoms. The van der Waals surface area contributed by atoms with E-state index in [1.54, 1.807) is 36.7 Å². The predicted octanol–water partition coefficient (Wildman–Crippen LogP) is 4.34. The van der Waals surface area contributed by atoms with Gasteiger partial charge in [-0.05, 0) is 29.1 Å². The Kier molecular flexibility index (Phi) is 7.08. The van der Waals surface area contributed by atoms with Gasteiger partial charge in [0.2, 0.25) is 5.91 Å². The standard InChI is InChI=1S/C21H21N5O3S3/c1-25-19(17-5-4-9-30-17)23-24-21(25)32-13-18(27)26(20-22-8-10-31-20)12-14-6-7-15(28-2)16(11-14)29-3/h4-11H,12-13H2,1-3H3. The highest BCUT2D eigenvalue weighted by Crippen LogP contribution is 2.30. The molecule has 8 nitrogen and oxygen atoms in total. The van der Waals surface area contributed by atoms with Gasteiger partial charge in [0.1, 0.15) is 0 Å². The Hall–Kier alpha value is -2.89. The summed E-state index contributed by atoms with van der Waals surface area (Å²) in [5.41, 5.74) is 0.912. The number of hydrogen-bond donors (Lipinski definition) is 0. The van der Waals surface area contributed by atoms with Gasteiger partial charge in [-0.3, -0.25) is 9.69 Å². The average Bonchev–Trinajstić information content (AvgIpc) is 3.58. The number of benzene rings is 1. The molecule has 0 fully saturated rings. The molecule has 4 aromatic rings. The van der Waals surface area contributed by atoms with Gasteiger partial charge in [-0.15, -0.1) is 32.9 Å². The van der Waals surface area contributed by atoms with Crippen LogP contribution in [0.1, 0.15) is 5.56 Å². The predicted molar refractivity (Wildman–Crippen MR) is 128 cm³/mol. The van der Waals surface area contributed by atoms with Crippen molar-refractivity contribution in [2.24, 2.45) is 7.05 Å². The molecule has 0 bridgehead atoms. The van der Waals surface area contributed by atoms with Gasteiger partial charge in [0.05, 0.1) is 31.4 Å². The van der Waals surface area contributed by atoms with Crippen molar-refractivity contribution in [3.63, 3.8) is 0 Å². The van der Waals surface area contributed by atoms with Gasteiger partial charge in [0, 0.05) is 18.6 Å². The number of aromatic nitrogens is 4. The molecule has 1 aromatic carbocycles. The summed E-state index contributed by atoms with van der Waals surface area (Å²) in [6.07, 6.45) is 1.69. The summed E-state index contributed by atoms with van der Waals surface area (Å²) in [5, 5.41) is 13.7. The Bertz CT molecular complexity index is 1180. The van der Waals surface area contributed by atoms with E-state index in [1.807, 2.05) is 52.7 Å². The van der Waals surface area contributed by atoms with Gasteiger partial charge in [0.25, 0.3) is 0 Å². The van der Waals surface area contributed by atoms with Crippen molar-refractivity contribution in [1.82, 2.24) is 19.7 Å². The van der Waals surface area contributed by atoms with Crippen molar-refractivity contribution in [3.8, 4) is 22.2 Å². The summed E-state index contributed by atoms with van der Waals surface area (Å²) in [4.78, 5) is 20.3. The Labute approximate surface area is 197 Å². The zero-order valence-electron chi connectivity index (χ0n) is 17.7. The molecule has 3 heterocycles. The summed E-state index contributed by atoms with van der Waals surface area (Å²) >= 11 is 4.38. The topological polar surface area (TPSA) is 82.4 Å². The van der Waals surface area contributed by atoms with Crippen LogP contribution in [0.25, 0.3) is 10.7 Å². The molecule has 0 saturated heterocycles. The molecule has 0 aliphatic heterocycles. The zero-order valence-corrected chi connectivity index (χ0v) is 20.2. The first-order valence-electron chi connectivity index (χ1n) is 9.57. The van der Waals surface area contributed by atoms with Crippen LogP contribution in [0.2, 0.25) is 0 Å². The van der Waals surface area contributed by atoms with Gasteiger partial charge in [0.15, 0.2) is 27.6 Å². The van der Waals surface area contributed by atoms with Crippen molar-refractivity contribution in [2.75, 3.05) is 24.9 Å². The normalized spacial score (nSPS) is 10.8. The number of anilines is 1. The quantitative estimate of drug-likeness (QED) is 0.325. The molecule has 32 heavy (non-hydrogen) atoms. The lowest BCUT2D eigenvalue weighted by Gasteiger charge is -2.20. The number of thiazole rings is 1. The minimum absolute atomic E-state index is 0.0691. The smallest absolute Gasteiger partial charge is 0.239 e. The van der Waals surface area contributed by atoms with Crippen LogP contribution >= 0.6 is 34.4 Å². The second-order valence-electron chi connectivity index (χ2n) is 6.62. The van der Waals surface area contributed by atoms with Crippen LogP contribution in [0.5, 0.6) is 11.5 Å². The highest BCUT2D eigenvalue weighted by atomic mass is 32.2. The van der Waals surface area contributed by atoms with E-state index in [2.05, 4.69) is 15.2 Å². The number of carbonyl (C=O) groups excluding carboxylic acids is 1. The van der Waals surface area contributed by atoms with Crippen LogP contribution in [0.3, 0.4) is 0 Å². The largest absolute Gasteiger partial charge is 0.493 e. The third kappa shape index (κ3) is 4.79. The minimum atomic E-state index is -0.0691. The van der Waals surface area contributed by atoms with Crippen LogP contribution in [0, 0.1) is 0 Å². The van der Waals surface area contributed by atoms with E-state index in [0.717, 1.165) is 16.3 Å². The Morgan fingerprint density at radius 2 is 1.97 bits per heavy atom. The monoisotopic (exact) mass is 487 g/mol. The summed E-state index contributed by atoms with van der Waals surface area (Å²) in [6.45, 7) is 0.368. The number of nitrogens with zero attached hydrogens (tertiary/aromatic N) is 5. The zero-order chi connectivity index (χ0) is 22.5. The van der Waals surface area contributed by atoms with E-state index in [1.165, 1.54) is 23.1 Å². The molecule has 4 rings (SSSR count). The highest BCUT2D eigenvalue weighted by Gasteiger charge is 2.21. The second-order valence-corrected chi connectivity index (χ2v) is 9.38. The van der Waals surface area contributed by atoms with Gasteiger partial charge in [-0.2, -0.15) is 0 Å². The van der Waals surface area contributed by atoms with Crippen molar-refractivity contribution in [2.45, 2.75) is 11.7 Å². The van der Waals surface area contributed by atoms with Crippen LogP contribution in [0.15, 0.2) is 52.4 Å². The molecule has 1 amide bonds. The average molecular weight is 488 g/mol. The highest BCUT2D eigenvalue weighted by molar-refractivity contribution is 7.99. The number of methoxy groups -OCH3 is 2. The summed E-state index contributed by atoms with van der Waals surface area (Å²) < 4.78 is 12.6. The molecule has 0 saturated carbocycles.